The van der Waals surface area contributed by atoms with Crippen molar-refractivity contribution in [2.45, 2.75) is 162 Å². The summed E-state index contributed by atoms with van der Waals surface area (Å²) in [5.74, 6) is -1.61. The highest BCUT2D eigenvalue weighted by Crippen LogP contribution is 2.33. The minimum atomic E-state index is -1.88. The molecule has 15 heteroatoms. The average Bonchev–Trinajstić information content (AvgIpc) is 3.16. The second-order valence-corrected chi connectivity index (χ2v) is 16.4. The Bertz CT molecular complexity index is 1240. The number of ether oxygens (including phenoxy) is 3. The molecule has 18 atom stereocenters. The van der Waals surface area contributed by atoms with Gasteiger partial charge in [0.05, 0.1) is 38.1 Å². The third kappa shape index (κ3) is 15.4. The molecule has 1 rings (SSSR count). The Morgan fingerprint density at radius 1 is 0.679 bits per heavy atom. The van der Waals surface area contributed by atoms with Crippen molar-refractivity contribution >= 4 is 5.97 Å². The van der Waals surface area contributed by atoms with Gasteiger partial charge in [-0.15, -0.1) is 0 Å². The molecule has 0 aromatic rings. The predicted octanol–water partition coefficient (Wildman–Crippen LogP) is 0.718. The SMILES string of the molecule is CC[C@H](C)C[C@H](C)C[C@H](C)[C@@H](O[C@@H]1O[C@H](CO)[C@@H](O)[C@H](O)[C@H]1O)[C@@H](C)/C=C(\C)[C@@H](O)[C@@H](C)/C=C(\C)[C@@H](O)[C@@H](C)/C=C(\C)C(=O)O[C@@H]([C@H](O)[C@H](O)CO)[C@H](O)CO. The fourth-order valence-corrected chi connectivity index (χ4v) is 7.45. The van der Waals surface area contributed by atoms with Crippen molar-refractivity contribution in [2.24, 2.45) is 35.5 Å². The normalized spacial score (nSPS) is 28.5. The standard InChI is InChI=1S/C41H74O15/c1-11-20(2)12-21(3)13-26(8)38(56-41-37(52)36(51)35(50)31(19-44)54-41)27(9)15-24(6)32(47)22(4)14-23(5)33(48)25(7)16-28(10)40(53)55-39(30(46)18-43)34(49)29(45)17-42/h14-16,20-22,25-27,29-39,41-52H,11-13,17-19H2,1-10H3/b23-14+,24-15+,28-16+/t20-,21-,22-,25-,26-,27-,29+,30+,31+,32-,33+,34+,35+,36-,37+,38+,39+,41-/m0/s1. The van der Waals surface area contributed by atoms with Crippen LogP contribution in [0.5, 0.6) is 0 Å². The summed E-state index contributed by atoms with van der Waals surface area (Å²) in [4.78, 5) is 12.8. The maximum atomic E-state index is 12.8. The smallest absolute Gasteiger partial charge is 0.333 e. The van der Waals surface area contributed by atoms with Gasteiger partial charge >= 0.3 is 5.97 Å². The van der Waals surface area contributed by atoms with Gasteiger partial charge < -0.3 is 70.4 Å². The molecule has 0 spiro atoms. The van der Waals surface area contributed by atoms with Gasteiger partial charge in [0.2, 0.25) is 0 Å². The number of esters is 1. The third-order valence-corrected chi connectivity index (χ3v) is 11.0. The van der Waals surface area contributed by atoms with Gasteiger partial charge in [-0.1, -0.05) is 73.1 Å². The lowest BCUT2D eigenvalue weighted by Crippen LogP contribution is -2.60. The van der Waals surface area contributed by atoms with E-state index in [4.69, 9.17) is 19.3 Å². The molecule has 11 N–H and O–H groups in total. The Morgan fingerprint density at radius 3 is 1.70 bits per heavy atom. The van der Waals surface area contributed by atoms with Crippen LogP contribution in [-0.2, 0) is 19.0 Å². The van der Waals surface area contributed by atoms with Gasteiger partial charge in [0.25, 0.3) is 0 Å². The summed E-state index contributed by atoms with van der Waals surface area (Å²) in [6, 6.07) is 0. The molecular formula is C41H74O15. The second kappa shape index (κ2) is 24.9. The van der Waals surface area contributed by atoms with E-state index in [1.807, 2.05) is 19.9 Å². The van der Waals surface area contributed by atoms with E-state index in [0.29, 0.717) is 23.0 Å². The highest BCUT2D eigenvalue weighted by molar-refractivity contribution is 5.88. The molecule has 1 saturated heterocycles. The van der Waals surface area contributed by atoms with E-state index in [1.54, 1.807) is 33.8 Å². The lowest BCUT2D eigenvalue weighted by molar-refractivity contribution is -0.317. The molecule has 0 unspecified atom stereocenters. The Balaban J connectivity index is 3.22. The molecule has 1 aliphatic rings. The number of aliphatic hydroxyl groups excluding tert-OH is 11. The zero-order chi connectivity index (χ0) is 43.2. The van der Waals surface area contributed by atoms with Crippen molar-refractivity contribution in [1.29, 1.82) is 0 Å². The first-order chi connectivity index (χ1) is 26.1. The van der Waals surface area contributed by atoms with E-state index in [0.717, 1.165) is 19.3 Å². The lowest BCUT2D eigenvalue weighted by atomic mass is 9.82. The maximum Gasteiger partial charge on any atom is 0.333 e. The highest BCUT2D eigenvalue weighted by Gasteiger charge is 2.46. The van der Waals surface area contributed by atoms with Crippen molar-refractivity contribution in [1.82, 2.24) is 0 Å². The average molecular weight is 807 g/mol. The number of rotatable bonds is 24. The number of hydrogen-bond acceptors (Lipinski definition) is 15. The number of carbonyl (C=O) groups is 1. The largest absolute Gasteiger partial charge is 0.453 e. The van der Waals surface area contributed by atoms with Crippen LogP contribution in [0.15, 0.2) is 34.9 Å². The summed E-state index contributed by atoms with van der Waals surface area (Å²) < 4.78 is 17.2. The molecule has 0 aliphatic carbocycles. The maximum absolute atomic E-state index is 12.8. The van der Waals surface area contributed by atoms with Crippen LogP contribution in [0.2, 0.25) is 0 Å². The summed E-state index contributed by atoms with van der Waals surface area (Å²) in [6.07, 6.45) is -8.98. The molecule has 0 radical (unpaired) electrons. The summed E-state index contributed by atoms with van der Waals surface area (Å²) in [7, 11) is 0. The minimum absolute atomic E-state index is 0.00927. The van der Waals surface area contributed by atoms with Crippen molar-refractivity contribution in [2.75, 3.05) is 19.8 Å². The molecule has 0 amide bonds. The highest BCUT2D eigenvalue weighted by atomic mass is 16.7. The van der Waals surface area contributed by atoms with Crippen LogP contribution < -0.4 is 0 Å². The van der Waals surface area contributed by atoms with E-state index in [-0.39, 0.29) is 17.4 Å². The predicted molar refractivity (Wildman–Crippen MR) is 209 cm³/mol. The number of aliphatic hydroxyl groups is 11. The Morgan fingerprint density at radius 2 is 1.20 bits per heavy atom. The molecule has 0 bridgehead atoms. The molecule has 1 fully saturated rings. The molecule has 1 heterocycles. The van der Waals surface area contributed by atoms with Crippen LogP contribution in [0, 0.1) is 35.5 Å². The summed E-state index contributed by atoms with van der Waals surface area (Å²) in [5, 5.41) is 112. The zero-order valence-electron chi connectivity index (χ0n) is 34.9. The molecule has 15 nitrogen and oxygen atoms in total. The molecule has 0 aromatic heterocycles. The first-order valence-electron chi connectivity index (χ1n) is 19.9. The fourth-order valence-electron chi connectivity index (χ4n) is 7.45. The van der Waals surface area contributed by atoms with Gasteiger partial charge in [0.1, 0.15) is 42.7 Å². The van der Waals surface area contributed by atoms with Gasteiger partial charge in [0, 0.05) is 23.3 Å². The topological polar surface area (TPSA) is 267 Å². The molecule has 1 aliphatic heterocycles. The Labute approximate surface area is 333 Å². The summed E-state index contributed by atoms with van der Waals surface area (Å²) >= 11 is 0. The van der Waals surface area contributed by atoms with Gasteiger partial charge in [-0.05, 0) is 62.5 Å². The molecule has 0 saturated carbocycles. The van der Waals surface area contributed by atoms with Gasteiger partial charge in [-0.25, -0.2) is 4.79 Å². The fraction of sp³-hybridized carbons (Fsp3) is 0.829. The van der Waals surface area contributed by atoms with E-state index in [1.165, 1.54) is 13.0 Å². The molecule has 0 aromatic carbocycles. The van der Waals surface area contributed by atoms with Crippen molar-refractivity contribution < 1.29 is 75.2 Å². The third-order valence-electron chi connectivity index (χ3n) is 11.0. The van der Waals surface area contributed by atoms with E-state index in [9.17, 15) is 55.9 Å². The Hall–Kier alpha value is -1.83. The first kappa shape index (κ1) is 52.2. The molecule has 328 valence electrons. The van der Waals surface area contributed by atoms with Crippen LogP contribution in [0.3, 0.4) is 0 Å². The van der Waals surface area contributed by atoms with E-state index in [2.05, 4.69) is 20.8 Å². The quantitative estimate of drug-likeness (QED) is 0.0365. The van der Waals surface area contributed by atoms with Gasteiger partial charge in [0.15, 0.2) is 12.4 Å². The van der Waals surface area contributed by atoms with Crippen LogP contribution in [0.1, 0.15) is 88.5 Å². The first-order valence-corrected chi connectivity index (χ1v) is 19.9. The Kier molecular flexibility index (Phi) is 23.2. The monoisotopic (exact) mass is 807 g/mol. The number of hydrogen-bond donors (Lipinski definition) is 11. The minimum Gasteiger partial charge on any atom is -0.453 e. The number of carbonyl (C=O) groups excluding carboxylic acids is 1. The zero-order valence-corrected chi connectivity index (χ0v) is 34.9. The van der Waals surface area contributed by atoms with Crippen molar-refractivity contribution in [3.05, 3.63) is 34.9 Å². The lowest BCUT2D eigenvalue weighted by Gasteiger charge is -2.42. The summed E-state index contributed by atoms with van der Waals surface area (Å²) in [6.45, 7) is 16.4. The van der Waals surface area contributed by atoms with Crippen LogP contribution in [0.25, 0.3) is 0 Å². The van der Waals surface area contributed by atoms with E-state index < -0.39 is 111 Å². The second-order valence-electron chi connectivity index (χ2n) is 16.4. The van der Waals surface area contributed by atoms with Crippen LogP contribution in [-0.4, -0.2) is 155 Å². The molecular weight excluding hydrogens is 732 g/mol. The van der Waals surface area contributed by atoms with E-state index >= 15 is 0 Å². The van der Waals surface area contributed by atoms with Crippen molar-refractivity contribution in [3.63, 3.8) is 0 Å². The van der Waals surface area contributed by atoms with Crippen LogP contribution >= 0.6 is 0 Å². The van der Waals surface area contributed by atoms with Gasteiger partial charge in [-0.3, -0.25) is 0 Å². The van der Waals surface area contributed by atoms with Crippen molar-refractivity contribution in [3.8, 4) is 0 Å². The summed E-state index contributed by atoms with van der Waals surface area (Å²) in [5.41, 5.74) is 1.13. The molecule has 56 heavy (non-hydrogen) atoms. The van der Waals surface area contributed by atoms with Gasteiger partial charge in [-0.2, -0.15) is 0 Å². The van der Waals surface area contributed by atoms with Crippen LogP contribution in [0.4, 0.5) is 0 Å².